The second kappa shape index (κ2) is 17.6. The number of aromatic amines is 3. The van der Waals surface area contributed by atoms with Crippen molar-refractivity contribution in [3.63, 3.8) is 0 Å². The molecule has 0 unspecified atom stereocenters. The normalized spacial score (nSPS) is 12.1. The van der Waals surface area contributed by atoms with Crippen LogP contribution in [0.2, 0.25) is 0 Å². The number of rotatable bonds is 12. The third-order valence-electron chi connectivity index (χ3n) is 11.1. The summed E-state index contributed by atoms with van der Waals surface area (Å²) in [5, 5.41) is 0. The predicted octanol–water partition coefficient (Wildman–Crippen LogP) is 14.8. The molecule has 61 heavy (non-hydrogen) atoms. The minimum Gasteiger partial charge on any atom is -0.361 e. The van der Waals surface area contributed by atoms with Crippen LogP contribution in [0.4, 0.5) is 17.1 Å². The lowest BCUT2D eigenvalue weighted by Gasteiger charge is -2.26. The molecule has 0 radical (unpaired) electrons. The van der Waals surface area contributed by atoms with Gasteiger partial charge in [0.2, 0.25) is 0 Å². The van der Waals surface area contributed by atoms with Crippen molar-refractivity contribution >= 4 is 52.0 Å². The Hall–Kier alpha value is -7.82. The molecule has 0 spiro atoms. The number of benzene rings is 6. The first kappa shape index (κ1) is 38.7. The van der Waals surface area contributed by atoms with Crippen molar-refractivity contribution in [2.24, 2.45) is 0 Å². The van der Waals surface area contributed by atoms with Gasteiger partial charge in [-0.05, 0) is 145 Å². The second-order valence-corrected chi connectivity index (χ2v) is 15.6. The quantitative estimate of drug-likeness (QED) is 0.106. The van der Waals surface area contributed by atoms with Gasteiger partial charge < -0.3 is 19.9 Å². The Morgan fingerprint density at radius 2 is 0.590 bits per heavy atom. The van der Waals surface area contributed by atoms with Crippen LogP contribution in [0.5, 0.6) is 0 Å². The molecule has 0 aliphatic rings. The van der Waals surface area contributed by atoms with E-state index in [4.69, 9.17) is 0 Å². The number of hydrogen-bond acceptors (Lipinski definition) is 1. The van der Waals surface area contributed by atoms with Gasteiger partial charge in [-0.25, -0.2) is 0 Å². The van der Waals surface area contributed by atoms with Gasteiger partial charge in [0.15, 0.2) is 0 Å². The number of aryl methyl sites for hydroxylation is 3. The molecule has 0 saturated carbocycles. The van der Waals surface area contributed by atoms with Crippen LogP contribution in [-0.2, 0) is 0 Å². The lowest BCUT2D eigenvalue weighted by molar-refractivity contribution is 1.28. The summed E-state index contributed by atoms with van der Waals surface area (Å²) in [6.45, 7) is 6.37. The number of hydrogen-bond donors (Lipinski definition) is 3. The number of aromatic nitrogens is 3. The first-order valence-corrected chi connectivity index (χ1v) is 20.8. The molecule has 4 heteroatoms. The highest BCUT2D eigenvalue weighted by molar-refractivity contribution is 5.93. The third-order valence-corrected chi connectivity index (χ3v) is 11.1. The fourth-order valence-corrected chi connectivity index (χ4v) is 7.75. The molecule has 0 aliphatic carbocycles. The van der Waals surface area contributed by atoms with Gasteiger partial charge in [0.1, 0.15) is 0 Å². The van der Waals surface area contributed by atoms with Crippen LogP contribution in [0.3, 0.4) is 0 Å². The van der Waals surface area contributed by atoms with Crippen LogP contribution < -0.4 is 4.90 Å². The fraction of sp³-hybridized carbons (Fsp3) is 0.0526. The summed E-state index contributed by atoms with van der Waals surface area (Å²) in [4.78, 5) is 12.6. The van der Waals surface area contributed by atoms with E-state index in [-0.39, 0.29) is 0 Å². The molecule has 3 N–H and O–H groups in total. The van der Waals surface area contributed by atoms with E-state index in [1.54, 1.807) is 0 Å². The molecule has 4 nitrogen and oxygen atoms in total. The summed E-state index contributed by atoms with van der Waals surface area (Å²) in [6, 6.07) is 65.3. The maximum atomic E-state index is 3.43. The topological polar surface area (TPSA) is 50.6 Å². The molecular formula is C57H48N4. The Bertz CT molecular complexity index is 2560. The summed E-state index contributed by atoms with van der Waals surface area (Å²) in [5.41, 5.74) is 20.5. The molecule has 0 fully saturated rings. The highest BCUT2D eigenvalue weighted by atomic mass is 15.1. The molecule has 0 amide bonds. The number of H-pyrrole nitrogens is 3. The lowest BCUT2D eigenvalue weighted by Crippen LogP contribution is -2.09. The number of nitrogens with one attached hydrogen (secondary N) is 3. The van der Waals surface area contributed by atoms with E-state index in [1.807, 2.05) is 36.8 Å². The van der Waals surface area contributed by atoms with Crippen LogP contribution >= 0.6 is 0 Å². The zero-order valence-corrected chi connectivity index (χ0v) is 34.7. The number of anilines is 3. The molecule has 9 aromatic rings. The van der Waals surface area contributed by atoms with Crippen molar-refractivity contribution < 1.29 is 0 Å². The van der Waals surface area contributed by atoms with Crippen molar-refractivity contribution in [2.75, 3.05) is 4.90 Å². The van der Waals surface area contributed by atoms with Crippen LogP contribution in [0, 0.1) is 20.8 Å². The predicted molar refractivity (Wildman–Crippen MR) is 258 cm³/mol. The van der Waals surface area contributed by atoms with E-state index >= 15 is 0 Å². The Kier molecular flexibility index (Phi) is 11.1. The zero-order valence-electron chi connectivity index (χ0n) is 34.7. The summed E-state index contributed by atoms with van der Waals surface area (Å²) in [5.74, 6) is 0. The van der Waals surface area contributed by atoms with E-state index in [0.29, 0.717) is 0 Å². The van der Waals surface area contributed by atoms with Gasteiger partial charge in [-0.3, -0.25) is 0 Å². The second-order valence-electron chi connectivity index (χ2n) is 15.6. The Labute approximate surface area is 358 Å². The van der Waals surface area contributed by atoms with Gasteiger partial charge >= 0.3 is 0 Å². The van der Waals surface area contributed by atoms with Gasteiger partial charge in [-0.2, -0.15) is 0 Å². The standard InChI is InChI=1S/C57H48N4/c1-40-10-22-46(23-11-40)52(55-7-4-34-58-55)37-43-16-28-49(29-17-43)61(50-30-18-44(19-31-50)38-53(56-8-5-35-59-56)47-24-12-41(2)13-25-47)51-32-20-45(21-33-51)39-54(57-9-6-36-60-57)48-26-14-42(3)15-27-48/h4-39,58-60H,1-3H3. The third kappa shape index (κ3) is 8.95. The minimum atomic E-state index is 1.07. The van der Waals surface area contributed by atoms with E-state index in [0.717, 1.165) is 67.6 Å². The summed E-state index contributed by atoms with van der Waals surface area (Å²) in [6.07, 6.45) is 12.7. The van der Waals surface area contributed by atoms with Crippen LogP contribution in [0.1, 0.15) is 67.2 Å². The average molecular weight is 789 g/mol. The Morgan fingerprint density at radius 1 is 0.328 bits per heavy atom. The molecule has 9 rings (SSSR count). The monoisotopic (exact) mass is 788 g/mol. The highest BCUT2D eigenvalue weighted by Gasteiger charge is 2.15. The SMILES string of the molecule is Cc1ccc(C(=Cc2ccc(N(c3ccc(C=C(c4ccc(C)cc4)c4ccc[nH]4)cc3)c3ccc(C=C(c4ccc(C)cc4)c4ccc[nH]4)cc3)cc2)c2ccc[nH]2)cc1. The van der Waals surface area contributed by atoms with Crippen LogP contribution in [0.15, 0.2) is 201 Å². The van der Waals surface area contributed by atoms with Crippen LogP contribution in [0.25, 0.3) is 34.9 Å². The molecule has 0 aliphatic heterocycles. The molecule has 0 atom stereocenters. The number of nitrogens with zero attached hydrogens (tertiary/aromatic N) is 1. The van der Waals surface area contributed by atoms with Crippen molar-refractivity contribution in [2.45, 2.75) is 20.8 Å². The smallest absolute Gasteiger partial charge is 0.0462 e. The van der Waals surface area contributed by atoms with E-state index in [9.17, 15) is 0 Å². The molecular weight excluding hydrogens is 741 g/mol. The van der Waals surface area contributed by atoms with Crippen LogP contribution in [-0.4, -0.2) is 15.0 Å². The molecule has 0 saturated heterocycles. The molecule has 0 bridgehead atoms. The average Bonchev–Trinajstić information content (AvgIpc) is 4.13. The van der Waals surface area contributed by atoms with E-state index in [1.165, 1.54) is 33.4 Å². The maximum Gasteiger partial charge on any atom is 0.0462 e. The Morgan fingerprint density at radius 3 is 0.820 bits per heavy atom. The first-order chi connectivity index (χ1) is 29.9. The van der Waals surface area contributed by atoms with E-state index in [2.05, 4.69) is 223 Å². The maximum absolute atomic E-state index is 3.43. The Balaban J connectivity index is 1.09. The summed E-state index contributed by atoms with van der Waals surface area (Å²) in [7, 11) is 0. The van der Waals surface area contributed by atoms with Gasteiger partial charge in [-0.15, -0.1) is 0 Å². The zero-order chi connectivity index (χ0) is 41.5. The lowest BCUT2D eigenvalue weighted by atomic mass is 9.98. The molecule has 6 aromatic carbocycles. The van der Waals surface area contributed by atoms with Crippen molar-refractivity contribution in [3.05, 3.63) is 268 Å². The molecule has 3 heterocycles. The summed E-state index contributed by atoms with van der Waals surface area (Å²) < 4.78 is 0. The van der Waals surface area contributed by atoms with E-state index < -0.39 is 0 Å². The summed E-state index contributed by atoms with van der Waals surface area (Å²) >= 11 is 0. The van der Waals surface area contributed by atoms with Gasteiger partial charge in [0.25, 0.3) is 0 Å². The van der Waals surface area contributed by atoms with Gasteiger partial charge in [-0.1, -0.05) is 126 Å². The van der Waals surface area contributed by atoms with Crippen molar-refractivity contribution in [3.8, 4) is 0 Å². The highest BCUT2D eigenvalue weighted by Crippen LogP contribution is 2.37. The minimum absolute atomic E-state index is 1.07. The van der Waals surface area contributed by atoms with Gasteiger partial charge in [0, 0.05) is 69.5 Å². The first-order valence-electron chi connectivity index (χ1n) is 20.8. The van der Waals surface area contributed by atoms with Gasteiger partial charge in [0.05, 0.1) is 0 Å². The largest absolute Gasteiger partial charge is 0.361 e. The molecule has 3 aromatic heterocycles. The van der Waals surface area contributed by atoms with Crippen molar-refractivity contribution in [1.29, 1.82) is 0 Å². The molecule has 296 valence electrons. The van der Waals surface area contributed by atoms with Crippen molar-refractivity contribution in [1.82, 2.24) is 15.0 Å². The fourth-order valence-electron chi connectivity index (χ4n) is 7.75.